The van der Waals surface area contributed by atoms with Crippen molar-refractivity contribution >= 4 is 12.1 Å². The average molecular weight is 215 g/mol. The summed E-state index contributed by atoms with van der Waals surface area (Å²) in [6.07, 6.45) is 2.56. The predicted octanol–water partition coefficient (Wildman–Crippen LogP) is 1.38. The largest absolute Gasteiger partial charge is 0.481 e. The monoisotopic (exact) mass is 215 g/mol. The second-order valence-corrected chi connectivity index (χ2v) is 4.16. The molecule has 0 bridgehead atoms. The zero-order valence-corrected chi connectivity index (χ0v) is 9.08. The molecule has 5 nitrogen and oxygen atoms in total. The first-order valence-electron chi connectivity index (χ1n) is 5.08. The quantitative estimate of drug-likeness (QED) is 0.729. The highest BCUT2D eigenvalue weighted by molar-refractivity contribution is 5.77. The van der Waals surface area contributed by atoms with Crippen LogP contribution in [-0.2, 0) is 9.53 Å². The fourth-order valence-corrected chi connectivity index (χ4v) is 2.02. The van der Waals surface area contributed by atoms with E-state index in [-0.39, 0.29) is 6.04 Å². The van der Waals surface area contributed by atoms with Crippen LogP contribution >= 0.6 is 0 Å². The van der Waals surface area contributed by atoms with Gasteiger partial charge in [0.1, 0.15) is 0 Å². The van der Waals surface area contributed by atoms with Crippen LogP contribution in [0.2, 0.25) is 0 Å². The Bertz CT molecular complexity index is 266. The minimum atomic E-state index is -0.869. The molecule has 0 radical (unpaired) electrons. The highest BCUT2D eigenvalue weighted by Crippen LogP contribution is 2.36. The first kappa shape index (κ1) is 11.8. The number of carboxylic acid groups (broad SMARTS) is 1. The van der Waals surface area contributed by atoms with Crippen LogP contribution in [0.3, 0.4) is 0 Å². The van der Waals surface area contributed by atoms with Gasteiger partial charge in [-0.1, -0.05) is 12.8 Å². The van der Waals surface area contributed by atoms with Crippen LogP contribution in [0.5, 0.6) is 0 Å². The van der Waals surface area contributed by atoms with Crippen molar-refractivity contribution in [2.75, 3.05) is 7.11 Å². The SMILES string of the molecule is COC(=O)NC1CCCCC1(C)C(=O)O. The Morgan fingerprint density at radius 1 is 1.47 bits per heavy atom. The van der Waals surface area contributed by atoms with E-state index in [0.717, 1.165) is 12.8 Å². The minimum Gasteiger partial charge on any atom is -0.481 e. The molecule has 1 aliphatic rings. The molecular formula is C10H17NO4. The molecule has 0 aromatic heterocycles. The number of ether oxygens (including phenoxy) is 1. The molecule has 5 heteroatoms. The fraction of sp³-hybridized carbons (Fsp3) is 0.800. The lowest BCUT2D eigenvalue weighted by atomic mass is 9.72. The molecule has 2 atom stereocenters. The zero-order valence-electron chi connectivity index (χ0n) is 9.08. The van der Waals surface area contributed by atoms with Gasteiger partial charge in [-0.2, -0.15) is 0 Å². The standard InChI is InChI=1S/C10H17NO4/c1-10(8(12)13)6-4-3-5-7(10)11-9(14)15-2/h7H,3-6H2,1-2H3,(H,11,14)(H,12,13). The summed E-state index contributed by atoms with van der Waals surface area (Å²) >= 11 is 0. The number of carbonyl (C=O) groups is 2. The van der Waals surface area contributed by atoms with Gasteiger partial charge in [-0.3, -0.25) is 4.79 Å². The third-order valence-corrected chi connectivity index (χ3v) is 3.17. The topological polar surface area (TPSA) is 75.6 Å². The van der Waals surface area contributed by atoms with Gasteiger partial charge in [-0.15, -0.1) is 0 Å². The molecule has 0 aromatic rings. The lowest BCUT2D eigenvalue weighted by Crippen LogP contribution is -2.52. The summed E-state index contributed by atoms with van der Waals surface area (Å²) in [5.74, 6) is -0.858. The summed E-state index contributed by atoms with van der Waals surface area (Å²) < 4.78 is 4.48. The van der Waals surface area contributed by atoms with Crippen molar-refractivity contribution in [2.24, 2.45) is 5.41 Å². The van der Waals surface area contributed by atoms with E-state index in [1.54, 1.807) is 6.92 Å². The number of carboxylic acids is 1. The van der Waals surface area contributed by atoms with E-state index in [2.05, 4.69) is 10.1 Å². The van der Waals surface area contributed by atoms with Gasteiger partial charge in [-0.25, -0.2) is 4.79 Å². The second kappa shape index (κ2) is 4.51. The van der Waals surface area contributed by atoms with E-state index >= 15 is 0 Å². The van der Waals surface area contributed by atoms with E-state index in [1.807, 2.05) is 0 Å². The number of methoxy groups -OCH3 is 1. The molecule has 0 heterocycles. The second-order valence-electron chi connectivity index (χ2n) is 4.16. The highest BCUT2D eigenvalue weighted by atomic mass is 16.5. The Balaban J connectivity index is 2.74. The molecule has 1 amide bonds. The van der Waals surface area contributed by atoms with E-state index in [1.165, 1.54) is 7.11 Å². The molecule has 1 saturated carbocycles. The number of carbonyl (C=O) groups excluding carboxylic acids is 1. The number of alkyl carbamates (subject to hydrolysis) is 1. The van der Waals surface area contributed by atoms with Crippen LogP contribution in [-0.4, -0.2) is 30.3 Å². The molecule has 15 heavy (non-hydrogen) atoms. The minimum absolute atomic E-state index is 0.337. The van der Waals surface area contributed by atoms with Crippen molar-refractivity contribution < 1.29 is 19.4 Å². The summed E-state index contributed by atoms with van der Waals surface area (Å²) in [6.45, 7) is 1.68. The van der Waals surface area contributed by atoms with Gasteiger partial charge in [0.15, 0.2) is 0 Å². The Hall–Kier alpha value is -1.26. The maximum Gasteiger partial charge on any atom is 0.407 e. The lowest BCUT2D eigenvalue weighted by molar-refractivity contribution is -0.151. The maximum absolute atomic E-state index is 11.2. The van der Waals surface area contributed by atoms with Crippen molar-refractivity contribution in [1.82, 2.24) is 5.32 Å². The zero-order chi connectivity index (χ0) is 11.5. The first-order chi connectivity index (χ1) is 7.00. The van der Waals surface area contributed by atoms with Gasteiger partial charge in [0.2, 0.25) is 0 Å². The molecule has 0 aliphatic heterocycles. The Labute approximate surface area is 88.8 Å². The molecule has 2 N–H and O–H groups in total. The normalized spacial score (nSPS) is 30.7. The van der Waals surface area contributed by atoms with Crippen LogP contribution in [0.4, 0.5) is 4.79 Å². The lowest BCUT2D eigenvalue weighted by Gasteiger charge is -2.37. The van der Waals surface area contributed by atoms with Crippen molar-refractivity contribution in [3.05, 3.63) is 0 Å². The Kier molecular flexibility index (Phi) is 3.55. The molecule has 1 aliphatic carbocycles. The van der Waals surface area contributed by atoms with E-state index < -0.39 is 17.5 Å². The van der Waals surface area contributed by atoms with Gasteiger partial charge in [-0.05, 0) is 19.8 Å². The van der Waals surface area contributed by atoms with Crippen molar-refractivity contribution in [1.29, 1.82) is 0 Å². The Morgan fingerprint density at radius 3 is 2.67 bits per heavy atom. The Morgan fingerprint density at radius 2 is 2.13 bits per heavy atom. The highest BCUT2D eigenvalue weighted by Gasteiger charge is 2.43. The molecule has 0 aromatic carbocycles. The van der Waals surface area contributed by atoms with Gasteiger partial charge in [0.25, 0.3) is 0 Å². The average Bonchev–Trinajstić information content (AvgIpc) is 2.21. The van der Waals surface area contributed by atoms with Crippen LogP contribution in [0.25, 0.3) is 0 Å². The number of amides is 1. The first-order valence-corrected chi connectivity index (χ1v) is 5.08. The van der Waals surface area contributed by atoms with Crippen LogP contribution in [0.15, 0.2) is 0 Å². The molecule has 0 spiro atoms. The van der Waals surface area contributed by atoms with Gasteiger partial charge in [0, 0.05) is 6.04 Å². The van der Waals surface area contributed by atoms with Crippen LogP contribution in [0, 0.1) is 5.41 Å². The third-order valence-electron chi connectivity index (χ3n) is 3.17. The molecule has 1 fully saturated rings. The predicted molar refractivity (Wildman–Crippen MR) is 53.5 cm³/mol. The summed E-state index contributed by atoms with van der Waals surface area (Å²) in [4.78, 5) is 22.2. The maximum atomic E-state index is 11.2. The number of aliphatic carboxylic acids is 1. The number of hydrogen-bond acceptors (Lipinski definition) is 3. The number of hydrogen-bond donors (Lipinski definition) is 2. The summed E-state index contributed by atoms with van der Waals surface area (Å²) in [5.41, 5.74) is -0.869. The van der Waals surface area contributed by atoms with Crippen molar-refractivity contribution in [3.63, 3.8) is 0 Å². The smallest absolute Gasteiger partial charge is 0.407 e. The molecule has 86 valence electrons. The fourth-order valence-electron chi connectivity index (χ4n) is 2.02. The summed E-state index contributed by atoms with van der Waals surface area (Å²) in [6, 6.07) is -0.337. The molecule has 0 saturated heterocycles. The van der Waals surface area contributed by atoms with Gasteiger partial charge in [0.05, 0.1) is 12.5 Å². The molecule has 2 unspecified atom stereocenters. The van der Waals surface area contributed by atoms with E-state index in [4.69, 9.17) is 5.11 Å². The molecular weight excluding hydrogens is 198 g/mol. The van der Waals surface area contributed by atoms with Crippen molar-refractivity contribution in [2.45, 2.75) is 38.6 Å². The van der Waals surface area contributed by atoms with Gasteiger partial charge < -0.3 is 15.2 Å². The number of rotatable bonds is 2. The summed E-state index contributed by atoms with van der Waals surface area (Å²) in [7, 11) is 1.27. The molecule has 1 rings (SSSR count). The van der Waals surface area contributed by atoms with Crippen LogP contribution in [0.1, 0.15) is 32.6 Å². The van der Waals surface area contributed by atoms with Crippen LogP contribution < -0.4 is 5.32 Å². The van der Waals surface area contributed by atoms with E-state index in [0.29, 0.717) is 12.8 Å². The van der Waals surface area contributed by atoms with Gasteiger partial charge >= 0.3 is 12.1 Å². The van der Waals surface area contributed by atoms with E-state index in [9.17, 15) is 9.59 Å². The third kappa shape index (κ3) is 2.40. The number of nitrogens with one attached hydrogen (secondary N) is 1. The van der Waals surface area contributed by atoms with Crippen molar-refractivity contribution in [3.8, 4) is 0 Å². The summed E-state index contributed by atoms with van der Waals surface area (Å²) in [5, 5.41) is 11.8.